The molecule has 1 aromatic carbocycles. The fourth-order valence-corrected chi connectivity index (χ4v) is 2.21. The van der Waals surface area contributed by atoms with Crippen molar-refractivity contribution in [1.29, 1.82) is 0 Å². The summed E-state index contributed by atoms with van der Waals surface area (Å²) in [6.07, 6.45) is 0. The third-order valence-electron chi connectivity index (χ3n) is 3.14. The highest BCUT2D eigenvalue weighted by Crippen LogP contribution is 2.07. The number of halogens is 1. The van der Waals surface area contributed by atoms with Gasteiger partial charge in [-0.25, -0.2) is 4.39 Å². The molecule has 0 aliphatic carbocycles. The lowest BCUT2D eigenvalue weighted by Gasteiger charge is -2.26. The molecule has 114 valence electrons. The molecule has 0 atom stereocenters. The summed E-state index contributed by atoms with van der Waals surface area (Å²) in [7, 11) is 0. The second kappa shape index (κ2) is 9.86. The molecule has 3 nitrogen and oxygen atoms in total. The van der Waals surface area contributed by atoms with Crippen molar-refractivity contribution < 1.29 is 9.13 Å². The van der Waals surface area contributed by atoms with Gasteiger partial charge < -0.3 is 10.1 Å². The number of hydrogen-bond acceptors (Lipinski definition) is 3. The Morgan fingerprint density at radius 3 is 2.55 bits per heavy atom. The number of benzene rings is 1. The molecule has 0 bridgehead atoms. The lowest BCUT2D eigenvalue weighted by Crippen LogP contribution is -2.40. The second-order valence-corrected chi connectivity index (χ2v) is 4.77. The van der Waals surface area contributed by atoms with Gasteiger partial charge in [-0.2, -0.15) is 0 Å². The molecule has 0 aromatic heterocycles. The van der Waals surface area contributed by atoms with Gasteiger partial charge in [-0.1, -0.05) is 19.9 Å². The fraction of sp³-hybridized carbons (Fsp3) is 0.625. The van der Waals surface area contributed by atoms with E-state index in [0.29, 0.717) is 0 Å². The first-order valence-electron chi connectivity index (χ1n) is 7.51. The number of hydrogen-bond donors (Lipinski definition) is 1. The summed E-state index contributed by atoms with van der Waals surface area (Å²) >= 11 is 0. The number of morpholine rings is 1. The van der Waals surface area contributed by atoms with E-state index in [1.165, 1.54) is 0 Å². The predicted molar refractivity (Wildman–Crippen MR) is 81.5 cm³/mol. The minimum Gasteiger partial charge on any atom is -0.379 e. The van der Waals surface area contributed by atoms with Crippen LogP contribution in [0.5, 0.6) is 0 Å². The average Bonchev–Trinajstić information content (AvgIpc) is 2.46. The largest absolute Gasteiger partial charge is 0.379 e. The minimum atomic E-state index is -0.153. The van der Waals surface area contributed by atoms with Gasteiger partial charge in [0.2, 0.25) is 0 Å². The van der Waals surface area contributed by atoms with Crippen molar-refractivity contribution >= 4 is 0 Å². The molecule has 0 radical (unpaired) electrons. The molecule has 1 saturated heterocycles. The molecular formula is C16H27FN2O. The molecule has 1 aromatic rings. The first-order valence-corrected chi connectivity index (χ1v) is 7.51. The van der Waals surface area contributed by atoms with Crippen LogP contribution < -0.4 is 5.32 Å². The quantitative estimate of drug-likeness (QED) is 0.840. The van der Waals surface area contributed by atoms with Crippen LogP contribution in [0.1, 0.15) is 25.0 Å². The number of aryl methyl sites for hydroxylation is 1. The molecule has 0 amide bonds. The summed E-state index contributed by atoms with van der Waals surface area (Å²) in [6, 6.07) is 5.16. The Morgan fingerprint density at radius 1 is 1.20 bits per heavy atom. The number of ether oxygens (including phenoxy) is 1. The zero-order chi connectivity index (χ0) is 14.8. The summed E-state index contributed by atoms with van der Waals surface area (Å²) in [4.78, 5) is 2.38. The van der Waals surface area contributed by atoms with Gasteiger partial charge in [-0.05, 0) is 30.2 Å². The summed E-state index contributed by atoms with van der Waals surface area (Å²) in [5.74, 6) is -0.153. The molecular weight excluding hydrogens is 255 g/mol. The van der Waals surface area contributed by atoms with Crippen molar-refractivity contribution in [3.63, 3.8) is 0 Å². The van der Waals surface area contributed by atoms with E-state index in [9.17, 15) is 4.39 Å². The number of nitrogens with zero attached hydrogens (tertiary/aromatic N) is 1. The van der Waals surface area contributed by atoms with E-state index >= 15 is 0 Å². The zero-order valence-electron chi connectivity index (χ0n) is 12.9. The van der Waals surface area contributed by atoms with E-state index in [1.54, 1.807) is 12.1 Å². The first-order chi connectivity index (χ1) is 9.74. The topological polar surface area (TPSA) is 24.5 Å². The second-order valence-electron chi connectivity index (χ2n) is 4.77. The Morgan fingerprint density at radius 2 is 1.90 bits per heavy atom. The maximum atomic E-state index is 13.2. The molecule has 1 heterocycles. The van der Waals surface area contributed by atoms with Gasteiger partial charge >= 0.3 is 0 Å². The van der Waals surface area contributed by atoms with Crippen LogP contribution in [0.2, 0.25) is 0 Å². The highest BCUT2D eigenvalue weighted by atomic mass is 19.1. The molecule has 1 aliphatic rings. The van der Waals surface area contributed by atoms with Crippen molar-refractivity contribution in [2.24, 2.45) is 0 Å². The number of rotatable bonds is 5. The number of nitrogens with one attached hydrogen (secondary N) is 1. The summed E-state index contributed by atoms with van der Waals surface area (Å²) in [6.45, 7) is 12.3. The maximum Gasteiger partial charge on any atom is 0.123 e. The van der Waals surface area contributed by atoms with Crippen LogP contribution in [0.3, 0.4) is 0 Å². The van der Waals surface area contributed by atoms with Crippen LogP contribution in [0.15, 0.2) is 18.2 Å². The molecule has 1 N–H and O–H groups in total. The van der Waals surface area contributed by atoms with Crippen molar-refractivity contribution in [3.05, 3.63) is 35.1 Å². The van der Waals surface area contributed by atoms with Gasteiger partial charge in [0.05, 0.1) is 13.2 Å². The van der Waals surface area contributed by atoms with Crippen LogP contribution in [-0.4, -0.2) is 44.3 Å². The van der Waals surface area contributed by atoms with Crippen LogP contribution in [0.25, 0.3) is 0 Å². The van der Waals surface area contributed by atoms with Crippen molar-refractivity contribution in [2.75, 3.05) is 39.4 Å². The highest BCUT2D eigenvalue weighted by Gasteiger charge is 2.08. The lowest BCUT2D eigenvalue weighted by atomic mass is 10.1. The van der Waals surface area contributed by atoms with Crippen LogP contribution in [-0.2, 0) is 11.3 Å². The normalized spacial score (nSPS) is 15.6. The van der Waals surface area contributed by atoms with E-state index in [2.05, 4.69) is 10.2 Å². The highest BCUT2D eigenvalue weighted by molar-refractivity contribution is 5.23. The van der Waals surface area contributed by atoms with Crippen molar-refractivity contribution in [2.45, 2.75) is 27.3 Å². The lowest BCUT2D eigenvalue weighted by molar-refractivity contribution is 0.0384. The summed E-state index contributed by atoms with van der Waals surface area (Å²) in [5, 5.41) is 3.35. The molecule has 1 fully saturated rings. The molecule has 2 rings (SSSR count). The van der Waals surface area contributed by atoms with Gasteiger partial charge in [-0.3, -0.25) is 4.90 Å². The van der Waals surface area contributed by atoms with Gasteiger partial charge in [-0.15, -0.1) is 0 Å². The van der Waals surface area contributed by atoms with Crippen LogP contribution >= 0.6 is 0 Å². The standard InChI is InChI=1S/C14H21FN2O.C2H6/c1-12-8-13(10-14(15)9-12)11-16-2-3-17-4-6-18-7-5-17;1-2/h8-10,16H,2-7,11H2,1H3;1-2H3. The SMILES string of the molecule is CC.Cc1cc(F)cc(CNCCN2CCOCC2)c1. The Kier molecular flexibility index (Phi) is 8.42. The fourth-order valence-electron chi connectivity index (χ4n) is 2.21. The predicted octanol–water partition coefficient (Wildman–Crippen LogP) is 2.58. The van der Waals surface area contributed by atoms with Crippen LogP contribution in [0, 0.1) is 12.7 Å². The molecule has 20 heavy (non-hydrogen) atoms. The smallest absolute Gasteiger partial charge is 0.123 e. The molecule has 0 unspecified atom stereocenters. The Balaban J connectivity index is 0.000000956. The Bertz CT molecular complexity index is 358. The minimum absolute atomic E-state index is 0.153. The van der Waals surface area contributed by atoms with Crippen molar-refractivity contribution in [1.82, 2.24) is 10.2 Å². The molecule has 4 heteroatoms. The average molecular weight is 282 g/mol. The Labute approximate surface area is 122 Å². The maximum absolute atomic E-state index is 13.2. The summed E-state index contributed by atoms with van der Waals surface area (Å²) < 4.78 is 18.5. The third kappa shape index (κ3) is 6.46. The summed E-state index contributed by atoms with van der Waals surface area (Å²) in [5.41, 5.74) is 1.98. The molecule has 0 spiro atoms. The van der Waals surface area contributed by atoms with E-state index in [-0.39, 0.29) is 5.82 Å². The first kappa shape index (κ1) is 17.1. The van der Waals surface area contributed by atoms with E-state index in [1.807, 2.05) is 26.8 Å². The van der Waals surface area contributed by atoms with Gasteiger partial charge in [0.25, 0.3) is 0 Å². The van der Waals surface area contributed by atoms with Gasteiger partial charge in [0.15, 0.2) is 0 Å². The van der Waals surface area contributed by atoms with Crippen LogP contribution in [0.4, 0.5) is 4.39 Å². The van der Waals surface area contributed by atoms with E-state index < -0.39 is 0 Å². The van der Waals surface area contributed by atoms with E-state index in [0.717, 1.165) is 57.1 Å². The zero-order valence-corrected chi connectivity index (χ0v) is 12.9. The Hall–Kier alpha value is -0.970. The molecule has 1 aliphatic heterocycles. The van der Waals surface area contributed by atoms with Crippen molar-refractivity contribution in [3.8, 4) is 0 Å². The van der Waals surface area contributed by atoms with Gasteiger partial charge in [0, 0.05) is 32.7 Å². The van der Waals surface area contributed by atoms with Gasteiger partial charge in [0.1, 0.15) is 5.82 Å². The van der Waals surface area contributed by atoms with E-state index in [4.69, 9.17) is 4.74 Å². The molecule has 0 saturated carbocycles. The third-order valence-corrected chi connectivity index (χ3v) is 3.14. The monoisotopic (exact) mass is 282 g/mol.